The van der Waals surface area contributed by atoms with Gasteiger partial charge < -0.3 is 25.4 Å². The van der Waals surface area contributed by atoms with Gasteiger partial charge in [0.05, 0.1) is 7.11 Å². The van der Waals surface area contributed by atoms with Gasteiger partial charge in [-0.3, -0.25) is 19.2 Å². The van der Waals surface area contributed by atoms with Crippen LogP contribution in [0.4, 0.5) is 0 Å². The number of amides is 3. The van der Waals surface area contributed by atoms with E-state index in [9.17, 15) is 19.2 Å². The largest absolute Gasteiger partial charge is 0.497 e. The number of carbonyl (C=O) groups excluding carboxylic acids is 4. The fourth-order valence-electron chi connectivity index (χ4n) is 1.94. The Morgan fingerprint density at radius 1 is 1.07 bits per heavy atom. The summed E-state index contributed by atoms with van der Waals surface area (Å²) < 4.78 is 9.77. The Bertz CT molecular complexity index is 660. The molecule has 0 bridgehead atoms. The SMILES string of the molecule is CCCNC(=O)[C@H](C)NC(=O)COC(=O)CNC(=O)c1ccc(OC)cc1. The maximum absolute atomic E-state index is 11.9. The van der Waals surface area contributed by atoms with Crippen molar-refractivity contribution in [2.24, 2.45) is 0 Å². The lowest BCUT2D eigenvalue weighted by Crippen LogP contribution is -2.46. The van der Waals surface area contributed by atoms with Gasteiger partial charge in [0, 0.05) is 12.1 Å². The third-order valence-electron chi connectivity index (χ3n) is 3.43. The van der Waals surface area contributed by atoms with E-state index >= 15 is 0 Å². The number of esters is 1. The zero-order chi connectivity index (χ0) is 20.2. The van der Waals surface area contributed by atoms with E-state index in [2.05, 4.69) is 16.0 Å². The summed E-state index contributed by atoms with van der Waals surface area (Å²) in [5.41, 5.74) is 0.355. The minimum absolute atomic E-state index is 0.316. The van der Waals surface area contributed by atoms with Crippen LogP contribution in [0.3, 0.4) is 0 Å². The van der Waals surface area contributed by atoms with Crippen LogP contribution in [0.25, 0.3) is 0 Å². The zero-order valence-electron chi connectivity index (χ0n) is 15.7. The van der Waals surface area contributed by atoms with Crippen LogP contribution in [0.5, 0.6) is 5.75 Å². The molecule has 3 N–H and O–H groups in total. The molecule has 0 saturated carbocycles. The Morgan fingerprint density at radius 3 is 2.33 bits per heavy atom. The van der Waals surface area contributed by atoms with Crippen LogP contribution >= 0.6 is 0 Å². The van der Waals surface area contributed by atoms with Gasteiger partial charge in [-0.25, -0.2) is 0 Å². The van der Waals surface area contributed by atoms with Crippen LogP contribution in [-0.4, -0.2) is 56.5 Å². The zero-order valence-corrected chi connectivity index (χ0v) is 15.7. The first-order chi connectivity index (χ1) is 12.9. The fraction of sp³-hybridized carbons (Fsp3) is 0.444. The molecule has 0 aliphatic rings. The predicted molar refractivity (Wildman–Crippen MR) is 97.2 cm³/mol. The predicted octanol–water partition coefficient (Wildman–Crippen LogP) is -0.000900. The van der Waals surface area contributed by atoms with E-state index in [1.165, 1.54) is 14.0 Å². The standard InChI is InChI=1S/C18H25N3O6/c1-4-9-19-17(24)12(2)21-15(22)11-27-16(23)10-20-18(25)13-5-7-14(26-3)8-6-13/h5-8,12H,4,9-11H2,1-3H3,(H,19,24)(H,20,25)(H,21,22)/t12-/m0/s1. The van der Waals surface area contributed by atoms with E-state index in [4.69, 9.17) is 9.47 Å². The van der Waals surface area contributed by atoms with Crippen LogP contribution in [0.1, 0.15) is 30.6 Å². The first kappa shape index (κ1) is 21.9. The van der Waals surface area contributed by atoms with Gasteiger partial charge in [0.1, 0.15) is 18.3 Å². The lowest BCUT2D eigenvalue weighted by molar-refractivity contribution is -0.147. The normalized spacial score (nSPS) is 11.1. The smallest absolute Gasteiger partial charge is 0.325 e. The van der Waals surface area contributed by atoms with E-state index in [-0.39, 0.29) is 12.5 Å². The van der Waals surface area contributed by atoms with E-state index in [0.29, 0.717) is 17.9 Å². The third kappa shape index (κ3) is 8.21. The van der Waals surface area contributed by atoms with Gasteiger partial charge in [0.15, 0.2) is 6.61 Å². The molecule has 0 radical (unpaired) electrons. The number of carbonyl (C=O) groups is 4. The Kier molecular flexibility index (Phi) is 9.35. The summed E-state index contributed by atoms with van der Waals surface area (Å²) in [5, 5.41) is 7.45. The Labute approximate surface area is 157 Å². The second-order valence-electron chi connectivity index (χ2n) is 5.65. The van der Waals surface area contributed by atoms with Crippen LogP contribution in [-0.2, 0) is 19.1 Å². The van der Waals surface area contributed by atoms with E-state index in [1.807, 2.05) is 6.92 Å². The van der Waals surface area contributed by atoms with Crippen molar-refractivity contribution in [3.63, 3.8) is 0 Å². The van der Waals surface area contributed by atoms with E-state index in [0.717, 1.165) is 6.42 Å². The Balaban J connectivity index is 2.30. The molecule has 0 aromatic heterocycles. The van der Waals surface area contributed by atoms with Gasteiger partial charge in [-0.05, 0) is 37.6 Å². The van der Waals surface area contributed by atoms with Crippen LogP contribution in [0, 0.1) is 0 Å². The topological polar surface area (TPSA) is 123 Å². The summed E-state index contributed by atoms with van der Waals surface area (Å²) in [6.45, 7) is 3.03. The van der Waals surface area contributed by atoms with Crippen molar-refractivity contribution in [3.8, 4) is 5.75 Å². The summed E-state index contributed by atoms with van der Waals surface area (Å²) in [6.07, 6.45) is 0.784. The molecule has 0 saturated heterocycles. The maximum Gasteiger partial charge on any atom is 0.325 e. The molecule has 1 atom stereocenters. The van der Waals surface area contributed by atoms with Gasteiger partial charge in [-0.1, -0.05) is 6.92 Å². The van der Waals surface area contributed by atoms with E-state index < -0.39 is 30.4 Å². The number of hydrogen-bond donors (Lipinski definition) is 3. The molecule has 3 amide bonds. The number of hydrogen-bond acceptors (Lipinski definition) is 6. The number of ether oxygens (including phenoxy) is 2. The first-order valence-corrected chi connectivity index (χ1v) is 8.52. The molecule has 9 heteroatoms. The highest BCUT2D eigenvalue weighted by molar-refractivity contribution is 5.96. The third-order valence-corrected chi connectivity index (χ3v) is 3.43. The van der Waals surface area contributed by atoms with Gasteiger partial charge in [-0.15, -0.1) is 0 Å². The molecule has 1 aromatic rings. The maximum atomic E-state index is 11.9. The summed E-state index contributed by atoms with van der Waals surface area (Å²) in [6, 6.07) is 5.61. The highest BCUT2D eigenvalue weighted by atomic mass is 16.5. The van der Waals surface area contributed by atoms with Crippen molar-refractivity contribution < 1.29 is 28.7 Å². The molecule has 0 fully saturated rings. The second kappa shape index (κ2) is 11.5. The molecule has 0 aliphatic carbocycles. The molecule has 9 nitrogen and oxygen atoms in total. The quantitative estimate of drug-likeness (QED) is 0.492. The molecule has 0 heterocycles. The van der Waals surface area contributed by atoms with Gasteiger partial charge >= 0.3 is 5.97 Å². The minimum Gasteiger partial charge on any atom is -0.497 e. The Morgan fingerprint density at radius 2 is 1.74 bits per heavy atom. The second-order valence-corrected chi connectivity index (χ2v) is 5.65. The first-order valence-electron chi connectivity index (χ1n) is 8.52. The van der Waals surface area contributed by atoms with Gasteiger partial charge in [0.25, 0.3) is 11.8 Å². The van der Waals surface area contributed by atoms with Crippen molar-refractivity contribution in [3.05, 3.63) is 29.8 Å². The van der Waals surface area contributed by atoms with Crippen LogP contribution < -0.4 is 20.7 Å². The average molecular weight is 379 g/mol. The molecule has 1 rings (SSSR count). The fourth-order valence-corrected chi connectivity index (χ4v) is 1.94. The number of nitrogens with one attached hydrogen (secondary N) is 3. The van der Waals surface area contributed by atoms with E-state index in [1.54, 1.807) is 24.3 Å². The number of rotatable bonds is 10. The number of methoxy groups -OCH3 is 1. The molecule has 0 spiro atoms. The molecule has 1 aromatic carbocycles. The monoisotopic (exact) mass is 379 g/mol. The Hall–Kier alpha value is -3.10. The lowest BCUT2D eigenvalue weighted by Gasteiger charge is -2.14. The molecule has 0 unspecified atom stereocenters. The molecular formula is C18H25N3O6. The number of benzene rings is 1. The summed E-state index contributed by atoms with van der Waals surface area (Å²) in [4.78, 5) is 46.9. The highest BCUT2D eigenvalue weighted by Gasteiger charge is 2.16. The van der Waals surface area contributed by atoms with Crippen molar-refractivity contribution in [2.75, 3.05) is 26.8 Å². The summed E-state index contributed by atoms with van der Waals surface area (Å²) in [7, 11) is 1.51. The molecule has 0 aliphatic heterocycles. The molecule has 27 heavy (non-hydrogen) atoms. The van der Waals surface area contributed by atoms with Gasteiger partial charge in [-0.2, -0.15) is 0 Å². The highest BCUT2D eigenvalue weighted by Crippen LogP contribution is 2.10. The summed E-state index contributed by atoms with van der Waals surface area (Å²) in [5.74, 6) is -1.54. The van der Waals surface area contributed by atoms with Crippen molar-refractivity contribution in [1.29, 1.82) is 0 Å². The molecular weight excluding hydrogens is 354 g/mol. The van der Waals surface area contributed by atoms with Crippen molar-refractivity contribution in [1.82, 2.24) is 16.0 Å². The van der Waals surface area contributed by atoms with Crippen LogP contribution in [0.2, 0.25) is 0 Å². The van der Waals surface area contributed by atoms with Crippen molar-refractivity contribution >= 4 is 23.7 Å². The van der Waals surface area contributed by atoms with Crippen LogP contribution in [0.15, 0.2) is 24.3 Å². The molecule has 148 valence electrons. The lowest BCUT2D eigenvalue weighted by atomic mass is 10.2. The van der Waals surface area contributed by atoms with Gasteiger partial charge in [0.2, 0.25) is 5.91 Å². The minimum atomic E-state index is -0.768. The average Bonchev–Trinajstić information content (AvgIpc) is 2.68. The summed E-state index contributed by atoms with van der Waals surface area (Å²) >= 11 is 0. The van der Waals surface area contributed by atoms with Crippen molar-refractivity contribution in [2.45, 2.75) is 26.3 Å².